The first-order valence-electron chi connectivity index (χ1n) is 8.93. The van der Waals surface area contributed by atoms with Gasteiger partial charge in [0, 0.05) is 13.1 Å². The Hall–Kier alpha value is -2.18. The Morgan fingerprint density at radius 3 is 2.74 bits per heavy atom. The van der Waals surface area contributed by atoms with Gasteiger partial charge in [0.05, 0.1) is 11.5 Å². The minimum Gasteiger partial charge on any atom is -0.459 e. The minimum atomic E-state index is -0.323. The number of ether oxygens (including phenoxy) is 1. The summed E-state index contributed by atoms with van der Waals surface area (Å²) < 4.78 is 5.39. The van der Waals surface area contributed by atoms with Crippen LogP contribution in [0.1, 0.15) is 40.2 Å². The summed E-state index contributed by atoms with van der Waals surface area (Å²) in [4.78, 5) is 24.9. The number of hydrogen-bond acceptors (Lipinski definition) is 6. The standard InChI is InChI=1S/C20H20ClN3O2S/c1-11(2)26-19(25)16-12(3)15-17(22-20(21)23-18(15)27-16)24-9-8-13-6-4-5-7-14(13)10-24/h4-7,11H,8-10H2,1-3H3. The van der Waals surface area contributed by atoms with Gasteiger partial charge in [0.15, 0.2) is 0 Å². The molecule has 7 heteroatoms. The summed E-state index contributed by atoms with van der Waals surface area (Å²) in [5.41, 5.74) is 3.51. The highest BCUT2D eigenvalue weighted by Crippen LogP contribution is 2.38. The van der Waals surface area contributed by atoms with Crippen molar-refractivity contribution in [2.75, 3.05) is 11.4 Å². The van der Waals surface area contributed by atoms with E-state index in [0.29, 0.717) is 4.88 Å². The van der Waals surface area contributed by atoms with E-state index in [1.165, 1.54) is 22.5 Å². The Bertz CT molecular complexity index is 1030. The minimum absolute atomic E-state index is 0.171. The monoisotopic (exact) mass is 401 g/mol. The third-order valence-electron chi connectivity index (χ3n) is 4.70. The van der Waals surface area contributed by atoms with Gasteiger partial charge in [-0.3, -0.25) is 0 Å². The molecule has 3 heterocycles. The molecule has 0 saturated heterocycles. The molecule has 5 nitrogen and oxygen atoms in total. The normalized spacial score (nSPS) is 13.9. The number of aromatic nitrogens is 2. The van der Waals surface area contributed by atoms with Crippen LogP contribution in [0.3, 0.4) is 0 Å². The van der Waals surface area contributed by atoms with E-state index >= 15 is 0 Å². The highest BCUT2D eigenvalue weighted by Gasteiger charge is 2.26. The molecule has 0 N–H and O–H groups in total. The van der Waals surface area contributed by atoms with Crippen molar-refractivity contribution in [3.63, 3.8) is 0 Å². The number of hydrogen-bond donors (Lipinski definition) is 0. The molecule has 0 fully saturated rings. The smallest absolute Gasteiger partial charge is 0.348 e. The van der Waals surface area contributed by atoms with E-state index in [9.17, 15) is 4.79 Å². The number of thiophene rings is 1. The zero-order valence-electron chi connectivity index (χ0n) is 15.5. The lowest BCUT2D eigenvalue weighted by atomic mass is 9.99. The van der Waals surface area contributed by atoms with Gasteiger partial charge in [0.2, 0.25) is 5.28 Å². The molecule has 0 unspecified atom stereocenters. The second-order valence-corrected chi connectivity index (χ2v) is 8.28. The lowest BCUT2D eigenvalue weighted by Crippen LogP contribution is -2.31. The molecule has 1 aromatic carbocycles. The van der Waals surface area contributed by atoms with Crippen LogP contribution in [0, 0.1) is 6.92 Å². The predicted molar refractivity (Wildman–Crippen MR) is 109 cm³/mol. The number of carbonyl (C=O) groups is 1. The number of anilines is 1. The zero-order valence-corrected chi connectivity index (χ0v) is 17.0. The SMILES string of the molecule is Cc1c(C(=O)OC(C)C)sc2nc(Cl)nc(N3CCc4ccccc4C3)c12. The second-order valence-electron chi connectivity index (χ2n) is 6.95. The van der Waals surface area contributed by atoms with Gasteiger partial charge in [-0.15, -0.1) is 11.3 Å². The van der Waals surface area contributed by atoms with Gasteiger partial charge in [0.25, 0.3) is 0 Å². The number of rotatable bonds is 3. The van der Waals surface area contributed by atoms with Gasteiger partial charge >= 0.3 is 5.97 Å². The topological polar surface area (TPSA) is 55.3 Å². The summed E-state index contributed by atoms with van der Waals surface area (Å²) >= 11 is 7.53. The van der Waals surface area contributed by atoms with Gasteiger partial charge in [-0.2, -0.15) is 4.98 Å². The summed E-state index contributed by atoms with van der Waals surface area (Å²) in [6.45, 7) is 7.22. The van der Waals surface area contributed by atoms with Crippen LogP contribution in [0.25, 0.3) is 10.2 Å². The molecular weight excluding hydrogens is 382 g/mol. The average Bonchev–Trinajstić information content (AvgIpc) is 2.96. The van der Waals surface area contributed by atoms with Crippen molar-refractivity contribution in [2.24, 2.45) is 0 Å². The van der Waals surface area contributed by atoms with E-state index < -0.39 is 0 Å². The largest absolute Gasteiger partial charge is 0.459 e. The van der Waals surface area contributed by atoms with Crippen LogP contribution in [0.4, 0.5) is 5.82 Å². The maximum atomic E-state index is 12.5. The third kappa shape index (κ3) is 3.39. The van der Waals surface area contributed by atoms with E-state index in [-0.39, 0.29) is 17.4 Å². The maximum Gasteiger partial charge on any atom is 0.348 e. The van der Waals surface area contributed by atoms with Gasteiger partial charge in [0.1, 0.15) is 15.5 Å². The number of nitrogens with zero attached hydrogens (tertiary/aromatic N) is 3. The molecule has 0 radical (unpaired) electrons. The van der Waals surface area contributed by atoms with Crippen molar-refractivity contribution in [1.82, 2.24) is 9.97 Å². The Labute approximate surface area is 167 Å². The molecular formula is C20H20ClN3O2S. The number of halogens is 1. The second kappa shape index (κ2) is 7.09. The first-order chi connectivity index (χ1) is 12.9. The van der Waals surface area contributed by atoms with Crippen LogP contribution in [-0.2, 0) is 17.7 Å². The van der Waals surface area contributed by atoms with Crippen LogP contribution < -0.4 is 4.90 Å². The first kappa shape index (κ1) is 18.2. The van der Waals surface area contributed by atoms with Crippen molar-refractivity contribution in [3.05, 3.63) is 51.1 Å². The molecule has 0 amide bonds. The molecule has 3 aromatic rings. The highest BCUT2D eigenvalue weighted by molar-refractivity contribution is 7.20. The van der Waals surface area contributed by atoms with Crippen molar-refractivity contribution in [1.29, 1.82) is 0 Å². The fourth-order valence-electron chi connectivity index (χ4n) is 3.46. The van der Waals surface area contributed by atoms with Crippen molar-refractivity contribution in [3.8, 4) is 0 Å². The molecule has 140 valence electrons. The van der Waals surface area contributed by atoms with Gasteiger partial charge < -0.3 is 9.64 Å². The molecule has 1 aliphatic rings. The quantitative estimate of drug-likeness (QED) is 0.467. The number of aryl methyl sites for hydroxylation is 1. The predicted octanol–water partition coefficient (Wildman–Crippen LogP) is 4.78. The van der Waals surface area contributed by atoms with E-state index in [0.717, 1.165) is 41.1 Å². The van der Waals surface area contributed by atoms with Gasteiger partial charge in [-0.05, 0) is 55.5 Å². The van der Waals surface area contributed by atoms with Crippen molar-refractivity contribution >= 4 is 44.9 Å². The van der Waals surface area contributed by atoms with E-state index in [2.05, 4.69) is 39.1 Å². The Morgan fingerprint density at radius 2 is 2.00 bits per heavy atom. The summed E-state index contributed by atoms with van der Waals surface area (Å²) in [5, 5.41) is 1.08. The average molecular weight is 402 g/mol. The Kier molecular flexibility index (Phi) is 4.78. The zero-order chi connectivity index (χ0) is 19.1. The fourth-order valence-corrected chi connectivity index (χ4v) is 4.73. The fraction of sp³-hybridized carbons (Fsp3) is 0.350. The summed E-state index contributed by atoms with van der Waals surface area (Å²) in [6, 6.07) is 8.45. The summed E-state index contributed by atoms with van der Waals surface area (Å²) in [5.74, 6) is 0.466. The number of fused-ring (bicyclic) bond motifs is 2. The van der Waals surface area contributed by atoms with Crippen LogP contribution in [0.5, 0.6) is 0 Å². The van der Waals surface area contributed by atoms with Crippen LogP contribution in [-0.4, -0.2) is 28.6 Å². The van der Waals surface area contributed by atoms with Gasteiger partial charge in [-0.1, -0.05) is 24.3 Å². The molecule has 2 aromatic heterocycles. The molecule has 0 spiro atoms. The van der Waals surface area contributed by atoms with Crippen LogP contribution in [0.2, 0.25) is 5.28 Å². The summed E-state index contributed by atoms with van der Waals surface area (Å²) in [6.07, 6.45) is 0.778. The van der Waals surface area contributed by atoms with Gasteiger partial charge in [-0.25, -0.2) is 9.78 Å². The highest BCUT2D eigenvalue weighted by atomic mass is 35.5. The molecule has 0 atom stereocenters. The van der Waals surface area contributed by atoms with Crippen molar-refractivity contribution in [2.45, 2.75) is 39.8 Å². The van der Waals surface area contributed by atoms with Crippen molar-refractivity contribution < 1.29 is 9.53 Å². The molecule has 0 saturated carbocycles. The lowest BCUT2D eigenvalue weighted by Gasteiger charge is -2.30. The van der Waals surface area contributed by atoms with Crippen LogP contribution in [0.15, 0.2) is 24.3 Å². The molecule has 0 aliphatic carbocycles. The van der Waals surface area contributed by atoms with E-state index in [4.69, 9.17) is 16.3 Å². The van der Waals surface area contributed by atoms with E-state index in [1.807, 2.05) is 20.8 Å². The number of benzene rings is 1. The number of carbonyl (C=O) groups excluding carboxylic acids is 1. The molecule has 27 heavy (non-hydrogen) atoms. The Morgan fingerprint density at radius 1 is 1.26 bits per heavy atom. The number of esters is 1. The third-order valence-corrected chi connectivity index (χ3v) is 6.04. The lowest BCUT2D eigenvalue weighted by molar-refractivity contribution is 0.0383. The first-order valence-corrected chi connectivity index (χ1v) is 10.1. The summed E-state index contributed by atoms with van der Waals surface area (Å²) in [7, 11) is 0. The molecule has 1 aliphatic heterocycles. The maximum absolute atomic E-state index is 12.5. The Balaban J connectivity index is 1.79. The molecule has 0 bridgehead atoms. The van der Waals surface area contributed by atoms with E-state index in [1.54, 1.807) is 0 Å². The van der Waals surface area contributed by atoms with Crippen LogP contribution >= 0.6 is 22.9 Å². The molecule has 4 rings (SSSR count).